The van der Waals surface area contributed by atoms with E-state index in [0.29, 0.717) is 11.2 Å². The summed E-state index contributed by atoms with van der Waals surface area (Å²) in [4.78, 5) is 19.3. The molecular formula is C18H18N4O. The van der Waals surface area contributed by atoms with Crippen LogP contribution in [0.1, 0.15) is 40.4 Å². The standard InChI is InChI=1S/C18H18N4O/c1-13-5-2-6-14(11-13)16-7-3-9-21(16)18(23)15-12-20-22-10-4-8-19-17(15)22/h2,4-6,8,10-12,16H,3,7,9H2,1H3/t16-/m1/s1. The van der Waals surface area contributed by atoms with Gasteiger partial charge in [0, 0.05) is 18.9 Å². The predicted molar refractivity (Wildman–Crippen MR) is 87.2 cm³/mol. The molecule has 3 aromatic rings. The zero-order valence-electron chi connectivity index (χ0n) is 13.0. The second-order valence-electron chi connectivity index (χ2n) is 6.02. The summed E-state index contributed by atoms with van der Waals surface area (Å²) in [6, 6.07) is 10.4. The molecule has 1 aromatic carbocycles. The van der Waals surface area contributed by atoms with Crippen LogP contribution in [0.3, 0.4) is 0 Å². The van der Waals surface area contributed by atoms with Crippen molar-refractivity contribution in [3.63, 3.8) is 0 Å². The van der Waals surface area contributed by atoms with Gasteiger partial charge >= 0.3 is 0 Å². The summed E-state index contributed by atoms with van der Waals surface area (Å²) in [5.74, 6) is 0.0164. The summed E-state index contributed by atoms with van der Waals surface area (Å²) in [6.45, 7) is 2.86. The quantitative estimate of drug-likeness (QED) is 0.731. The van der Waals surface area contributed by atoms with E-state index in [-0.39, 0.29) is 11.9 Å². The van der Waals surface area contributed by atoms with Crippen LogP contribution in [0.5, 0.6) is 0 Å². The molecule has 1 amide bonds. The van der Waals surface area contributed by atoms with Gasteiger partial charge in [0.1, 0.15) is 5.56 Å². The van der Waals surface area contributed by atoms with Gasteiger partial charge in [-0.05, 0) is 31.4 Å². The minimum absolute atomic E-state index is 0.0164. The van der Waals surface area contributed by atoms with Crippen molar-refractivity contribution < 1.29 is 4.79 Å². The Morgan fingerprint density at radius 2 is 2.22 bits per heavy atom. The van der Waals surface area contributed by atoms with Crippen LogP contribution >= 0.6 is 0 Å². The number of benzene rings is 1. The Balaban J connectivity index is 1.70. The Labute approximate surface area is 134 Å². The van der Waals surface area contributed by atoms with Crippen molar-refractivity contribution in [1.82, 2.24) is 19.5 Å². The van der Waals surface area contributed by atoms with Crippen LogP contribution in [0.2, 0.25) is 0 Å². The fraction of sp³-hybridized carbons (Fsp3) is 0.278. The zero-order valence-corrected chi connectivity index (χ0v) is 13.0. The van der Waals surface area contributed by atoms with Crippen molar-refractivity contribution in [3.8, 4) is 0 Å². The first kappa shape index (κ1) is 13.9. The summed E-state index contributed by atoms with van der Waals surface area (Å²) in [5, 5.41) is 4.23. The van der Waals surface area contributed by atoms with Gasteiger partial charge in [-0.1, -0.05) is 29.8 Å². The number of amides is 1. The minimum atomic E-state index is 0.0164. The van der Waals surface area contributed by atoms with Gasteiger partial charge in [-0.15, -0.1) is 0 Å². The van der Waals surface area contributed by atoms with Crippen molar-refractivity contribution in [1.29, 1.82) is 0 Å². The molecule has 1 saturated heterocycles. The Hall–Kier alpha value is -2.69. The third-order valence-corrected chi connectivity index (χ3v) is 4.45. The number of hydrogen-bond donors (Lipinski definition) is 0. The SMILES string of the molecule is Cc1cccc([C@H]2CCCN2C(=O)c2cnn3cccnc23)c1. The number of fused-ring (bicyclic) bond motifs is 1. The molecule has 1 atom stereocenters. The van der Waals surface area contributed by atoms with E-state index >= 15 is 0 Å². The van der Waals surface area contributed by atoms with Crippen LogP contribution in [0.25, 0.3) is 5.65 Å². The lowest BCUT2D eigenvalue weighted by molar-refractivity contribution is 0.0737. The van der Waals surface area contributed by atoms with Gasteiger partial charge in [-0.25, -0.2) is 9.50 Å². The molecular weight excluding hydrogens is 288 g/mol. The van der Waals surface area contributed by atoms with Crippen LogP contribution in [-0.4, -0.2) is 31.9 Å². The van der Waals surface area contributed by atoms with Gasteiger partial charge in [-0.3, -0.25) is 4.79 Å². The molecule has 1 aliphatic heterocycles. The molecule has 0 spiro atoms. The fourth-order valence-electron chi connectivity index (χ4n) is 3.37. The maximum Gasteiger partial charge on any atom is 0.259 e. The molecule has 0 aliphatic carbocycles. The summed E-state index contributed by atoms with van der Waals surface area (Å²) in [5.41, 5.74) is 3.62. The molecule has 0 N–H and O–H groups in total. The van der Waals surface area contributed by atoms with E-state index in [0.717, 1.165) is 19.4 Å². The molecule has 23 heavy (non-hydrogen) atoms. The number of carbonyl (C=O) groups excluding carboxylic acids is 1. The second kappa shape index (κ2) is 5.50. The van der Waals surface area contributed by atoms with E-state index in [1.54, 1.807) is 29.2 Å². The fourth-order valence-corrected chi connectivity index (χ4v) is 3.37. The Kier molecular flexibility index (Phi) is 3.33. The van der Waals surface area contributed by atoms with Gasteiger partial charge in [0.05, 0.1) is 12.2 Å². The highest BCUT2D eigenvalue weighted by Gasteiger charge is 2.32. The first-order chi connectivity index (χ1) is 11.2. The van der Waals surface area contributed by atoms with Gasteiger partial charge in [0.15, 0.2) is 5.65 Å². The number of hydrogen-bond acceptors (Lipinski definition) is 3. The summed E-state index contributed by atoms with van der Waals surface area (Å²) >= 11 is 0. The average Bonchev–Trinajstić information content (AvgIpc) is 3.21. The lowest BCUT2D eigenvalue weighted by atomic mass is 10.0. The lowest BCUT2D eigenvalue weighted by Gasteiger charge is -2.25. The number of rotatable bonds is 2. The minimum Gasteiger partial charge on any atom is -0.331 e. The molecule has 2 aromatic heterocycles. The number of likely N-dealkylation sites (tertiary alicyclic amines) is 1. The van der Waals surface area contributed by atoms with E-state index in [1.165, 1.54) is 11.1 Å². The van der Waals surface area contributed by atoms with E-state index in [4.69, 9.17) is 0 Å². The number of aromatic nitrogens is 3. The molecule has 1 fully saturated rings. The monoisotopic (exact) mass is 306 g/mol. The molecule has 0 bridgehead atoms. The van der Waals surface area contributed by atoms with Crippen molar-refractivity contribution >= 4 is 11.6 Å². The van der Waals surface area contributed by atoms with Gasteiger partial charge in [0.25, 0.3) is 5.91 Å². The topological polar surface area (TPSA) is 50.5 Å². The maximum absolute atomic E-state index is 13.0. The second-order valence-corrected chi connectivity index (χ2v) is 6.02. The highest BCUT2D eigenvalue weighted by Crippen LogP contribution is 2.33. The number of nitrogens with zero attached hydrogens (tertiary/aromatic N) is 4. The highest BCUT2D eigenvalue weighted by molar-refractivity contribution is 6.00. The van der Waals surface area contributed by atoms with Crippen LogP contribution in [0.15, 0.2) is 48.9 Å². The molecule has 116 valence electrons. The molecule has 5 nitrogen and oxygen atoms in total. The zero-order chi connectivity index (χ0) is 15.8. The maximum atomic E-state index is 13.0. The number of carbonyl (C=O) groups is 1. The van der Waals surface area contributed by atoms with Crippen LogP contribution in [-0.2, 0) is 0 Å². The van der Waals surface area contributed by atoms with Crippen molar-refractivity contribution in [2.24, 2.45) is 0 Å². The molecule has 3 heterocycles. The van der Waals surface area contributed by atoms with E-state index < -0.39 is 0 Å². The summed E-state index contributed by atoms with van der Waals surface area (Å²) in [6.07, 6.45) is 7.14. The average molecular weight is 306 g/mol. The molecule has 0 unspecified atom stereocenters. The van der Waals surface area contributed by atoms with Crippen molar-refractivity contribution in [2.45, 2.75) is 25.8 Å². The largest absolute Gasteiger partial charge is 0.331 e. The normalized spacial score (nSPS) is 17.8. The summed E-state index contributed by atoms with van der Waals surface area (Å²) < 4.78 is 1.64. The summed E-state index contributed by atoms with van der Waals surface area (Å²) in [7, 11) is 0. The van der Waals surface area contributed by atoms with Gasteiger partial charge in [-0.2, -0.15) is 5.10 Å². The third-order valence-electron chi connectivity index (χ3n) is 4.45. The lowest BCUT2D eigenvalue weighted by Crippen LogP contribution is -2.30. The Morgan fingerprint density at radius 1 is 1.30 bits per heavy atom. The van der Waals surface area contributed by atoms with Crippen LogP contribution in [0, 0.1) is 6.92 Å². The first-order valence-corrected chi connectivity index (χ1v) is 7.90. The first-order valence-electron chi connectivity index (χ1n) is 7.90. The van der Waals surface area contributed by atoms with Gasteiger partial charge < -0.3 is 4.90 Å². The third kappa shape index (κ3) is 2.38. The Bertz CT molecular complexity index is 870. The molecule has 0 radical (unpaired) electrons. The number of aryl methyl sites for hydroxylation is 1. The predicted octanol–water partition coefficient (Wildman–Crippen LogP) is 3.02. The Morgan fingerprint density at radius 3 is 3.09 bits per heavy atom. The molecule has 1 aliphatic rings. The van der Waals surface area contributed by atoms with Gasteiger partial charge in [0.2, 0.25) is 0 Å². The molecule has 0 saturated carbocycles. The van der Waals surface area contributed by atoms with Crippen molar-refractivity contribution in [2.75, 3.05) is 6.54 Å². The van der Waals surface area contributed by atoms with E-state index in [9.17, 15) is 4.79 Å². The highest BCUT2D eigenvalue weighted by atomic mass is 16.2. The van der Waals surface area contributed by atoms with E-state index in [1.807, 2.05) is 4.90 Å². The van der Waals surface area contributed by atoms with Crippen LogP contribution < -0.4 is 0 Å². The van der Waals surface area contributed by atoms with Crippen molar-refractivity contribution in [3.05, 3.63) is 65.6 Å². The molecule has 5 heteroatoms. The molecule has 4 rings (SSSR count). The smallest absolute Gasteiger partial charge is 0.259 e. The van der Waals surface area contributed by atoms with E-state index in [2.05, 4.69) is 41.3 Å². The van der Waals surface area contributed by atoms with Crippen LogP contribution in [0.4, 0.5) is 0 Å².